The number of hydrogen-bond donors (Lipinski definition) is 2. The van der Waals surface area contributed by atoms with E-state index in [9.17, 15) is 4.79 Å². The molecule has 0 spiro atoms. The van der Waals surface area contributed by atoms with Gasteiger partial charge in [-0.15, -0.1) is 0 Å². The lowest BCUT2D eigenvalue weighted by molar-refractivity contribution is -0.122. The molecular weight excluding hydrogens is 252 g/mol. The molecule has 0 bridgehead atoms. The summed E-state index contributed by atoms with van der Waals surface area (Å²) in [6, 6.07) is 10.3. The Labute approximate surface area is 120 Å². The lowest BCUT2D eigenvalue weighted by atomic mass is 9.88. The van der Waals surface area contributed by atoms with Gasteiger partial charge in [-0.05, 0) is 18.4 Å². The van der Waals surface area contributed by atoms with Crippen molar-refractivity contribution in [2.75, 3.05) is 26.8 Å². The highest BCUT2D eigenvalue weighted by atomic mass is 16.5. The summed E-state index contributed by atoms with van der Waals surface area (Å²) in [4.78, 5) is 12.1. The Balaban J connectivity index is 1.94. The maximum Gasteiger partial charge on any atom is 0.234 e. The van der Waals surface area contributed by atoms with Gasteiger partial charge >= 0.3 is 0 Å². The van der Waals surface area contributed by atoms with Crippen LogP contribution in [0.4, 0.5) is 0 Å². The van der Waals surface area contributed by atoms with E-state index in [1.54, 1.807) is 7.11 Å². The monoisotopic (exact) mass is 276 g/mol. The van der Waals surface area contributed by atoms with E-state index < -0.39 is 0 Å². The zero-order chi connectivity index (χ0) is 14.3. The first kappa shape index (κ1) is 15.0. The average Bonchev–Trinajstić information content (AvgIpc) is 2.94. The van der Waals surface area contributed by atoms with E-state index in [4.69, 9.17) is 4.74 Å². The third-order valence-corrected chi connectivity index (χ3v) is 3.93. The van der Waals surface area contributed by atoms with Crippen molar-refractivity contribution in [1.29, 1.82) is 0 Å². The van der Waals surface area contributed by atoms with E-state index in [0.29, 0.717) is 19.7 Å². The molecule has 0 heterocycles. The van der Waals surface area contributed by atoms with Crippen molar-refractivity contribution in [2.45, 2.75) is 31.2 Å². The number of nitrogens with one attached hydrogen (secondary N) is 2. The summed E-state index contributed by atoms with van der Waals surface area (Å²) in [6.45, 7) is 1.66. The SMILES string of the molecule is COCCNCC(=O)NC1(c2ccccc2)CCCC1. The van der Waals surface area contributed by atoms with Crippen LogP contribution in [0.3, 0.4) is 0 Å². The van der Waals surface area contributed by atoms with Gasteiger partial charge in [0.1, 0.15) is 0 Å². The second kappa shape index (κ2) is 7.41. The summed E-state index contributed by atoms with van der Waals surface area (Å²) >= 11 is 0. The van der Waals surface area contributed by atoms with Crippen LogP contribution in [0.15, 0.2) is 30.3 Å². The van der Waals surface area contributed by atoms with Crippen LogP contribution in [-0.2, 0) is 15.1 Å². The molecule has 0 atom stereocenters. The Hall–Kier alpha value is -1.39. The standard InChI is InChI=1S/C16H24N2O2/c1-20-12-11-17-13-15(19)18-16(9-5-6-10-16)14-7-3-2-4-8-14/h2-4,7-8,17H,5-6,9-13H2,1H3,(H,18,19). The second-order valence-corrected chi connectivity index (χ2v) is 5.37. The van der Waals surface area contributed by atoms with Crippen LogP contribution in [0.25, 0.3) is 0 Å². The van der Waals surface area contributed by atoms with Gasteiger partial charge in [0.25, 0.3) is 0 Å². The van der Waals surface area contributed by atoms with E-state index in [2.05, 4.69) is 22.8 Å². The normalized spacial score (nSPS) is 17.1. The molecule has 0 unspecified atom stereocenters. The van der Waals surface area contributed by atoms with Crippen LogP contribution < -0.4 is 10.6 Å². The van der Waals surface area contributed by atoms with Gasteiger partial charge in [-0.25, -0.2) is 0 Å². The predicted molar refractivity (Wildman–Crippen MR) is 79.5 cm³/mol. The summed E-state index contributed by atoms with van der Waals surface area (Å²) in [6.07, 6.45) is 4.40. The maximum absolute atomic E-state index is 12.1. The Morgan fingerprint density at radius 3 is 2.60 bits per heavy atom. The summed E-state index contributed by atoms with van der Waals surface area (Å²) in [5.41, 5.74) is 1.06. The fraction of sp³-hybridized carbons (Fsp3) is 0.562. The molecule has 1 amide bonds. The molecule has 1 aliphatic rings. The lowest BCUT2D eigenvalue weighted by Gasteiger charge is -2.31. The van der Waals surface area contributed by atoms with Crippen molar-refractivity contribution in [1.82, 2.24) is 10.6 Å². The highest BCUT2D eigenvalue weighted by Crippen LogP contribution is 2.38. The van der Waals surface area contributed by atoms with Gasteiger partial charge in [0.15, 0.2) is 0 Å². The molecule has 110 valence electrons. The van der Waals surface area contributed by atoms with Gasteiger partial charge in [0.2, 0.25) is 5.91 Å². The summed E-state index contributed by atoms with van der Waals surface area (Å²) < 4.78 is 4.95. The van der Waals surface area contributed by atoms with Gasteiger partial charge in [0.05, 0.1) is 18.7 Å². The minimum Gasteiger partial charge on any atom is -0.383 e. The largest absolute Gasteiger partial charge is 0.383 e. The fourth-order valence-corrected chi connectivity index (χ4v) is 2.91. The van der Waals surface area contributed by atoms with Gasteiger partial charge in [-0.2, -0.15) is 0 Å². The summed E-state index contributed by atoms with van der Waals surface area (Å²) in [7, 11) is 1.66. The third-order valence-electron chi connectivity index (χ3n) is 3.93. The van der Waals surface area contributed by atoms with E-state index >= 15 is 0 Å². The first-order valence-corrected chi connectivity index (χ1v) is 7.33. The average molecular weight is 276 g/mol. The number of ether oxygens (including phenoxy) is 1. The van der Waals surface area contributed by atoms with Crippen LogP contribution in [0.1, 0.15) is 31.2 Å². The molecule has 1 aromatic rings. The number of benzene rings is 1. The smallest absolute Gasteiger partial charge is 0.234 e. The molecule has 20 heavy (non-hydrogen) atoms. The zero-order valence-corrected chi connectivity index (χ0v) is 12.2. The Bertz CT molecular complexity index is 414. The van der Waals surface area contributed by atoms with Crippen LogP contribution in [-0.4, -0.2) is 32.7 Å². The highest BCUT2D eigenvalue weighted by Gasteiger charge is 2.36. The maximum atomic E-state index is 12.1. The minimum absolute atomic E-state index is 0.0619. The molecule has 0 radical (unpaired) electrons. The Kier molecular flexibility index (Phi) is 5.56. The van der Waals surface area contributed by atoms with Crippen LogP contribution in [0.2, 0.25) is 0 Å². The molecule has 0 aromatic heterocycles. The van der Waals surface area contributed by atoms with Gasteiger partial charge in [0, 0.05) is 13.7 Å². The Morgan fingerprint density at radius 2 is 1.95 bits per heavy atom. The van der Waals surface area contributed by atoms with Crippen molar-refractivity contribution in [2.24, 2.45) is 0 Å². The quantitative estimate of drug-likeness (QED) is 0.747. The van der Waals surface area contributed by atoms with Crippen molar-refractivity contribution in [3.63, 3.8) is 0 Å². The third kappa shape index (κ3) is 3.81. The molecule has 1 saturated carbocycles. The molecule has 2 rings (SSSR count). The van der Waals surface area contributed by atoms with E-state index in [1.807, 2.05) is 18.2 Å². The van der Waals surface area contributed by atoms with Gasteiger partial charge < -0.3 is 15.4 Å². The van der Waals surface area contributed by atoms with Crippen LogP contribution in [0.5, 0.6) is 0 Å². The number of hydrogen-bond acceptors (Lipinski definition) is 3. The van der Waals surface area contributed by atoms with Gasteiger partial charge in [-0.3, -0.25) is 4.79 Å². The predicted octanol–water partition coefficient (Wildman–Crippen LogP) is 1.81. The molecule has 1 fully saturated rings. The van der Waals surface area contributed by atoms with Crippen LogP contribution >= 0.6 is 0 Å². The number of amides is 1. The lowest BCUT2D eigenvalue weighted by Crippen LogP contribution is -2.47. The van der Waals surface area contributed by atoms with Crippen molar-refractivity contribution in [3.05, 3.63) is 35.9 Å². The molecule has 2 N–H and O–H groups in total. The number of carbonyl (C=O) groups is 1. The van der Waals surface area contributed by atoms with E-state index in [-0.39, 0.29) is 11.4 Å². The van der Waals surface area contributed by atoms with Crippen molar-refractivity contribution in [3.8, 4) is 0 Å². The Morgan fingerprint density at radius 1 is 1.25 bits per heavy atom. The molecule has 4 heteroatoms. The van der Waals surface area contributed by atoms with E-state index in [1.165, 1.54) is 18.4 Å². The van der Waals surface area contributed by atoms with Gasteiger partial charge in [-0.1, -0.05) is 43.2 Å². The molecule has 1 aromatic carbocycles. The molecule has 4 nitrogen and oxygen atoms in total. The van der Waals surface area contributed by atoms with Crippen molar-refractivity contribution < 1.29 is 9.53 Å². The highest BCUT2D eigenvalue weighted by molar-refractivity contribution is 5.79. The minimum atomic E-state index is -0.165. The van der Waals surface area contributed by atoms with E-state index in [0.717, 1.165) is 12.8 Å². The molecule has 0 aliphatic heterocycles. The number of rotatable bonds is 7. The summed E-state index contributed by atoms with van der Waals surface area (Å²) in [5, 5.41) is 6.34. The zero-order valence-electron chi connectivity index (χ0n) is 12.2. The first-order chi connectivity index (χ1) is 9.77. The second-order valence-electron chi connectivity index (χ2n) is 5.37. The number of carbonyl (C=O) groups excluding carboxylic acids is 1. The topological polar surface area (TPSA) is 50.4 Å². The van der Waals surface area contributed by atoms with Crippen molar-refractivity contribution >= 4 is 5.91 Å². The molecular formula is C16H24N2O2. The molecule has 0 saturated heterocycles. The fourth-order valence-electron chi connectivity index (χ4n) is 2.91. The molecule has 1 aliphatic carbocycles. The van der Waals surface area contributed by atoms with Crippen LogP contribution in [0, 0.1) is 0 Å². The first-order valence-electron chi connectivity index (χ1n) is 7.33. The summed E-state index contributed by atoms with van der Waals surface area (Å²) in [5.74, 6) is 0.0619. The number of methoxy groups -OCH3 is 1.